The Morgan fingerprint density at radius 3 is 1.84 bits per heavy atom. The fourth-order valence-electron chi connectivity index (χ4n) is 3.01. The second kappa shape index (κ2) is 11.9. The van der Waals surface area contributed by atoms with Crippen molar-refractivity contribution >= 4 is 18.0 Å². The number of likely N-dealkylation sites (N-methyl/N-ethyl adjacent to an activating group) is 1. The average molecular weight is 452 g/mol. The van der Waals surface area contributed by atoms with Crippen molar-refractivity contribution < 1.29 is 33.1 Å². The van der Waals surface area contributed by atoms with Gasteiger partial charge in [0.2, 0.25) is 0 Å². The minimum absolute atomic E-state index is 0.0228. The van der Waals surface area contributed by atoms with Gasteiger partial charge in [0.25, 0.3) is 0 Å². The van der Waals surface area contributed by atoms with E-state index in [1.165, 1.54) is 0 Å². The third kappa shape index (κ3) is 12.9. The highest BCUT2D eigenvalue weighted by Gasteiger charge is 2.33. The lowest BCUT2D eigenvalue weighted by atomic mass is 10.2. The molecule has 0 unspecified atom stereocenters. The lowest BCUT2D eigenvalue weighted by Gasteiger charge is -2.34. The van der Waals surface area contributed by atoms with Gasteiger partial charge in [-0.25, -0.2) is 14.4 Å². The molecular weight excluding hydrogens is 412 g/mol. The summed E-state index contributed by atoms with van der Waals surface area (Å²) in [5, 5.41) is 2.71. The van der Waals surface area contributed by atoms with E-state index in [0.717, 1.165) is 5.56 Å². The van der Waals surface area contributed by atoms with Crippen molar-refractivity contribution in [1.29, 1.82) is 0 Å². The van der Waals surface area contributed by atoms with Gasteiger partial charge in [0.05, 0.1) is 13.6 Å². The van der Waals surface area contributed by atoms with Crippen LogP contribution in [0.5, 0.6) is 0 Å². The van der Waals surface area contributed by atoms with Gasteiger partial charge in [-0.2, -0.15) is 0 Å². The highest BCUT2D eigenvalue weighted by atomic mass is 16.6. The van der Waals surface area contributed by atoms with E-state index in [0.29, 0.717) is 19.5 Å². The lowest BCUT2D eigenvalue weighted by molar-refractivity contribution is -0.895. The summed E-state index contributed by atoms with van der Waals surface area (Å²) in [5.74, 6) is -0.780. The molecule has 1 aromatic rings. The summed E-state index contributed by atoms with van der Waals surface area (Å²) in [5.41, 5.74) is -0.322. The summed E-state index contributed by atoms with van der Waals surface area (Å²) >= 11 is 0. The highest BCUT2D eigenvalue weighted by molar-refractivity contribution is 5.73. The number of alkyl carbamates (subject to hydrolysis) is 1. The second-order valence-electron chi connectivity index (χ2n) is 10.2. The van der Waals surface area contributed by atoms with Crippen LogP contribution in [0.2, 0.25) is 0 Å². The molecule has 0 radical (unpaired) electrons. The largest absolute Gasteiger partial charge is 0.456 e. The quantitative estimate of drug-likeness (QED) is 0.254. The van der Waals surface area contributed by atoms with Gasteiger partial charge in [-0.3, -0.25) is 0 Å². The van der Waals surface area contributed by atoms with E-state index in [2.05, 4.69) is 5.32 Å². The Labute approximate surface area is 191 Å². The Morgan fingerprint density at radius 2 is 1.38 bits per heavy atom. The monoisotopic (exact) mass is 451 g/mol. The summed E-state index contributed by atoms with van der Waals surface area (Å²) in [4.78, 5) is 36.8. The van der Waals surface area contributed by atoms with Crippen molar-refractivity contribution in [3.05, 3.63) is 35.9 Å². The number of hydrogen-bond donors (Lipinski definition) is 1. The summed E-state index contributed by atoms with van der Waals surface area (Å²) in [6.45, 7) is 11.9. The SMILES string of the molecule is CC(C)(C)OC(=O)C[N+](C)(CCCNC(=O)OCc1ccccc1)CC(=O)OC(C)(C)C. The zero-order chi connectivity index (χ0) is 24.4. The molecule has 1 aromatic carbocycles. The molecule has 1 N–H and O–H groups in total. The first-order chi connectivity index (χ1) is 14.7. The molecule has 0 saturated heterocycles. The number of carbonyl (C=O) groups is 3. The van der Waals surface area contributed by atoms with Gasteiger partial charge >= 0.3 is 18.0 Å². The molecule has 0 aromatic heterocycles. The number of benzene rings is 1. The number of quaternary nitrogens is 1. The fraction of sp³-hybridized carbons (Fsp3) is 0.625. The van der Waals surface area contributed by atoms with Gasteiger partial charge in [0.1, 0.15) is 17.8 Å². The first-order valence-electron chi connectivity index (χ1n) is 10.9. The zero-order valence-electron chi connectivity index (χ0n) is 20.5. The van der Waals surface area contributed by atoms with E-state index in [9.17, 15) is 14.4 Å². The molecule has 0 saturated carbocycles. The Balaban J connectivity index is 2.59. The predicted octanol–water partition coefficient (Wildman–Crippen LogP) is 3.43. The number of nitrogens with zero attached hydrogens (tertiary/aromatic N) is 1. The van der Waals surface area contributed by atoms with Crippen LogP contribution in [0.1, 0.15) is 53.5 Å². The van der Waals surface area contributed by atoms with E-state index < -0.39 is 29.2 Å². The minimum Gasteiger partial charge on any atom is -0.456 e. The Morgan fingerprint density at radius 1 is 0.875 bits per heavy atom. The van der Waals surface area contributed by atoms with E-state index in [-0.39, 0.29) is 24.2 Å². The van der Waals surface area contributed by atoms with Crippen LogP contribution < -0.4 is 5.32 Å². The van der Waals surface area contributed by atoms with Crippen LogP contribution in [-0.2, 0) is 30.4 Å². The minimum atomic E-state index is -0.613. The number of esters is 2. The smallest absolute Gasteiger partial charge is 0.407 e. The Kier molecular flexibility index (Phi) is 10.2. The van der Waals surface area contributed by atoms with Crippen molar-refractivity contribution in [2.45, 2.75) is 65.8 Å². The summed E-state index contributed by atoms with van der Waals surface area (Å²) in [7, 11) is 1.81. The molecular formula is C24H39N2O6+. The van der Waals surface area contributed by atoms with Crippen LogP contribution in [0.15, 0.2) is 30.3 Å². The number of rotatable bonds is 10. The second-order valence-corrected chi connectivity index (χ2v) is 10.2. The Hall–Kier alpha value is -2.61. The van der Waals surface area contributed by atoms with Crippen molar-refractivity contribution in [2.75, 3.05) is 33.2 Å². The van der Waals surface area contributed by atoms with Gasteiger partial charge in [-0.15, -0.1) is 0 Å². The number of nitrogens with one attached hydrogen (secondary N) is 1. The maximum absolute atomic E-state index is 12.4. The first kappa shape index (κ1) is 27.4. The molecule has 0 fully saturated rings. The summed E-state index contributed by atoms with van der Waals surface area (Å²) in [6.07, 6.45) is 0.0325. The molecule has 8 nitrogen and oxygen atoms in total. The molecule has 0 aliphatic heterocycles. The van der Waals surface area contributed by atoms with Crippen molar-refractivity contribution in [3.63, 3.8) is 0 Å². The third-order valence-corrected chi connectivity index (χ3v) is 4.22. The average Bonchev–Trinajstić information content (AvgIpc) is 2.61. The van der Waals surface area contributed by atoms with Crippen LogP contribution in [0.3, 0.4) is 0 Å². The molecule has 0 atom stereocenters. The lowest BCUT2D eigenvalue weighted by Crippen LogP contribution is -2.53. The predicted molar refractivity (Wildman–Crippen MR) is 122 cm³/mol. The summed E-state index contributed by atoms with van der Waals surface area (Å²) in [6, 6.07) is 9.41. The van der Waals surface area contributed by atoms with Gasteiger partial charge < -0.3 is 24.0 Å². The number of carbonyl (C=O) groups excluding carboxylic acids is 3. The first-order valence-corrected chi connectivity index (χ1v) is 10.9. The van der Waals surface area contributed by atoms with Crippen molar-refractivity contribution in [3.8, 4) is 0 Å². The van der Waals surface area contributed by atoms with Gasteiger partial charge in [-0.05, 0) is 47.1 Å². The van der Waals surface area contributed by atoms with Gasteiger partial charge in [0, 0.05) is 13.0 Å². The van der Waals surface area contributed by atoms with Crippen LogP contribution in [0, 0.1) is 0 Å². The van der Waals surface area contributed by atoms with Gasteiger partial charge in [0.15, 0.2) is 13.1 Å². The van der Waals surface area contributed by atoms with Gasteiger partial charge in [-0.1, -0.05) is 30.3 Å². The molecule has 1 amide bonds. The van der Waals surface area contributed by atoms with Crippen LogP contribution in [0.4, 0.5) is 4.79 Å². The molecule has 0 heterocycles. The number of amides is 1. The Bertz CT molecular complexity index is 720. The van der Waals surface area contributed by atoms with Crippen LogP contribution in [-0.4, -0.2) is 66.9 Å². The normalized spacial score (nSPS) is 12.1. The molecule has 8 heteroatoms. The zero-order valence-corrected chi connectivity index (χ0v) is 20.5. The van der Waals surface area contributed by atoms with Crippen molar-refractivity contribution in [2.24, 2.45) is 0 Å². The van der Waals surface area contributed by atoms with Crippen molar-refractivity contribution in [1.82, 2.24) is 5.32 Å². The molecule has 0 spiro atoms. The van der Waals surface area contributed by atoms with E-state index in [4.69, 9.17) is 14.2 Å². The van der Waals surface area contributed by atoms with Crippen LogP contribution in [0.25, 0.3) is 0 Å². The number of ether oxygens (including phenoxy) is 3. The molecule has 0 aliphatic rings. The maximum Gasteiger partial charge on any atom is 0.407 e. The highest BCUT2D eigenvalue weighted by Crippen LogP contribution is 2.13. The van der Waals surface area contributed by atoms with E-state index in [1.54, 1.807) is 41.5 Å². The summed E-state index contributed by atoms with van der Waals surface area (Å²) < 4.78 is 16.2. The molecule has 180 valence electrons. The standard InChI is InChI=1S/C24H38N2O6/c1-23(2,3)31-20(27)16-26(7,17-21(28)32-24(4,5)6)15-11-14-25-22(29)30-18-19-12-9-8-10-13-19/h8-10,12-13H,11,14-18H2,1-7H3/p+1. The topological polar surface area (TPSA) is 90.9 Å². The molecule has 1 rings (SSSR count). The fourth-order valence-corrected chi connectivity index (χ4v) is 3.01. The number of hydrogen-bond acceptors (Lipinski definition) is 6. The third-order valence-electron chi connectivity index (χ3n) is 4.22. The maximum atomic E-state index is 12.4. The molecule has 32 heavy (non-hydrogen) atoms. The van der Waals surface area contributed by atoms with E-state index in [1.807, 2.05) is 37.4 Å². The molecule has 0 bridgehead atoms. The van der Waals surface area contributed by atoms with E-state index >= 15 is 0 Å². The molecule has 0 aliphatic carbocycles. The van der Waals surface area contributed by atoms with Crippen LogP contribution >= 0.6 is 0 Å².